The fourth-order valence-electron chi connectivity index (χ4n) is 2.31. The molecule has 0 aromatic heterocycles. The summed E-state index contributed by atoms with van der Waals surface area (Å²) in [5.41, 5.74) is 1.41. The van der Waals surface area contributed by atoms with Crippen molar-refractivity contribution in [3.8, 4) is 6.07 Å². The first kappa shape index (κ1) is 19.9. The standard InChI is InChI=1S/C18H18ClN3O3S/c1-26(24,25)22(13-15-7-2-4-8-16(15)19)11-10-18(23)21-17-9-5-3-6-14(17)12-20/h2-9H,10-11,13H2,1H3,(H,21,23). The molecular formula is C18H18ClN3O3S. The largest absolute Gasteiger partial charge is 0.325 e. The van der Waals surface area contributed by atoms with Crippen LogP contribution in [0.15, 0.2) is 48.5 Å². The van der Waals surface area contributed by atoms with Crippen LogP contribution in [-0.4, -0.2) is 31.4 Å². The van der Waals surface area contributed by atoms with Gasteiger partial charge >= 0.3 is 0 Å². The molecule has 1 amide bonds. The number of rotatable bonds is 7. The Balaban J connectivity index is 2.04. The molecule has 0 heterocycles. The quantitative estimate of drug-likeness (QED) is 0.785. The van der Waals surface area contributed by atoms with Crippen LogP contribution in [-0.2, 0) is 21.4 Å². The zero-order valence-electron chi connectivity index (χ0n) is 14.1. The van der Waals surface area contributed by atoms with Crippen molar-refractivity contribution in [2.24, 2.45) is 0 Å². The molecule has 0 unspecified atom stereocenters. The number of benzene rings is 2. The Bertz CT molecular complexity index is 939. The maximum absolute atomic E-state index is 12.2. The first-order valence-electron chi connectivity index (χ1n) is 7.79. The Kier molecular flexibility index (Phi) is 6.75. The lowest BCUT2D eigenvalue weighted by atomic mass is 10.2. The number of halogens is 1. The molecule has 0 radical (unpaired) electrons. The third-order valence-electron chi connectivity index (χ3n) is 3.68. The minimum Gasteiger partial charge on any atom is -0.325 e. The molecule has 1 N–H and O–H groups in total. The number of nitrogens with zero attached hydrogens (tertiary/aromatic N) is 2. The number of sulfonamides is 1. The van der Waals surface area contributed by atoms with E-state index >= 15 is 0 Å². The minimum absolute atomic E-state index is 0.00457. The smallest absolute Gasteiger partial charge is 0.225 e. The molecule has 0 bridgehead atoms. The van der Waals surface area contributed by atoms with Gasteiger partial charge in [0.25, 0.3) is 0 Å². The number of hydrogen-bond acceptors (Lipinski definition) is 4. The summed E-state index contributed by atoms with van der Waals surface area (Å²) < 4.78 is 25.3. The zero-order valence-corrected chi connectivity index (χ0v) is 15.7. The van der Waals surface area contributed by atoms with Crippen LogP contribution in [0.5, 0.6) is 0 Å². The molecule has 8 heteroatoms. The number of carbonyl (C=O) groups excluding carboxylic acids is 1. The van der Waals surface area contributed by atoms with Crippen molar-refractivity contribution >= 4 is 33.2 Å². The third kappa shape index (κ3) is 5.56. The van der Waals surface area contributed by atoms with Crippen LogP contribution in [0.2, 0.25) is 5.02 Å². The molecule has 0 spiro atoms. The van der Waals surface area contributed by atoms with Crippen LogP contribution < -0.4 is 5.32 Å². The van der Waals surface area contributed by atoms with Crippen LogP contribution >= 0.6 is 11.6 Å². The Morgan fingerprint density at radius 2 is 1.85 bits per heavy atom. The summed E-state index contributed by atoms with van der Waals surface area (Å²) in [4.78, 5) is 12.2. The van der Waals surface area contributed by atoms with E-state index in [2.05, 4.69) is 5.32 Å². The molecular weight excluding hydrogens is 374 g/mol. The summed E-state index contributed by atoms with van der Waals surface area (Å²) in [5.74, 6) is -0.375. The van der Waals surface area contributed by atoms with Gasteiger partial charge in [0.1, 0.15) is 6.07 Å². The van der Waals surface area contributed by atoms with Crippen molar-refractivity contribution in [3.63, 3.8) is 0 Å². The van der Waals surface area contributed by atoms with Crippen LogP contribution in [0, 0.1) is 11.3 Å². The first-order valence-corrected chi connectivity index (χ1v) is 10.0. The number of amides is 1. The molecule has 0 aliphatic rings. The monoisotopic (exact) mass is 391 g/mol. The third-order valence-corrected chi connectivity index (χ3v) is 5.30. The normalized spacial score (nSPS) is 11.2. The van der Waals surface area contributed by atoms with Crippen molar-refractivity contribution in [3.05, 3.63) is 64.7 Å². The Labute approximate surface area is 158 Å². The number of carbonyl (C=O) groups is 1. The van der Waals surface area contributed by atoms with E-state index < -0.39 is 10.0 Å². The fraction of sp³-hybridized carbons (Fsp3) is 0.222. The summed E-state index contributed by atoms with van der Waals surface area (Å²) >= 11 is 6.09. The highest BCUT2D eigenvalue weighted by molar-refractivity contribution is 7.88. The van der Waals surface area contributed by atoms with Gasteiger partial charge < -0.3 is 5.32 Å². The molecule has 26 heavy (non-hydrogen) atoms. The van der Waals surface area contributed by atoms with Crippen molar-refractivity contribution in [1.29, 1.82) is 5.26 Å². The molecule has 0 fully saturated rings. The molecule has 0 atom stereocenters. The van der Waals surface area contributed by atoms with Gasteiger partial charge in [-0.2, -0.15) is 9.57 Å². The fourth-order valence-corrected chi connectivity index (χ4v) is 3.30. The van der Waals surface area contributed by atoms with E-state index in [4.69, 9.17) is 16.9 Å². The maximum atomic E-state index is 12.2. The lowest BCUT2D eigenvalue weighted by Crippen LogP contribution is -2.32. The van der Waals surface area contributed by atoms with E-state index in [0.29, 0.717) is 21.8 Å². The van der Waals surface area contributed by atoms with Crippen molar-refractivity contribution in [2.45, 2.75) is 13.0 Å². The van der Waals surface area contributed by atoms with Crippen molar-refractivity contribution < 1.29 is 13.2 Å². The van der Waals surface area contributed by atoms with Gasteiger partial charge in [0.2, 0.25) is 15.9 Å². The summed E-state index contributed by atoms with van der Waals surface area (Å²) in [6.45, 7) is 0.0885. The van der Waals surface area contributed by atoms with Gasteiger partial charge in [-0.25, -0.2) is 8.42 Å². The van der Waals surface area contributed by atoms with E-state index in [0.717, 1.165) is 6.26 Å². The molecule has 0 saturated carbocycles. The second-order valence-corrected chi connectivity index (χ2v) is 8.03. The summed E-state index contributed by atoms with van der Waals surface area (Å²) in [5, 5.41) is 12.1. The average Bonchev–Trinajstić information content (AvgIpc) is 2.59. The van der Waals surface area contributed by atoms with E-state index in [1.165, 1.54) is 4.31 Å². The molecule has 2 rings (SSSR count). The molecule has 136 valence electrons. The van der Waals surface area contributed by atoms with E-state index in [1.807, 2.05) is 6.07 Å². The van der Waals surface area contributed by atoms with Crippen LogP contribution in [0.4, 0.5) is 5.69 Å². The molecule has 0 aliphatic heterocycles. The highest BCUT2D eigenvalue weighted by Gasteiger charge is 2.19. The Morgan fingerprint density at radius 1 is 1.19 bits per heavy atom. The van der Waals surface area contributed by atoms with Crippen LogP contribution in [0.1, 0.15) is 17.5 Å². The van der Waals surface area contributed by atoms with Gasteiger partial charge in [-0.05, 0) is 23.8 Å². The predicted octanol–water partition coefficient (Wildman–Crippen LogP) is 3.00. The lowest BCUT2D eigenvalue weighted by Gasteiger charge is -2.20. The molecule has 2 aromatic carbocycles. The summed E-state index contributed by atoms with van der Waals surface area (Å²) in [7, 11) is -3.52. The lowest BCUT2D eigenvalue weighted by molar-refractivity contribution is -0.116. The molecule has 0 saturated heterocycles. The summed E-state index contributed by atoms with van der Waals surface area (Å²) in [6.07, 6.45) is 1.05. The molecule has 6 nitrogen and oxygen atoms in total. The van der Waals surface area contributed by atoms with Crippen LogP contribution in [0.25, 0.3) is 0 Å². The highest BCUT2D eigenvalue weighted by Crippen LogP contribution is 2.19. The number of anilines is 1. The van der Waals surface area contributed by atoms with E-state index in [1.54, 1.807) is 48.5 Å². The van der Waals surface area contributed by atoms with E-state index in [9.17, 15) is 13.2 Å². The second kappa shape index (κ2) is 8.81. The van der Waals surface area contributed by atoms with E-state index in [-0.39, 0.29) is 25.4 Å². The number of para-hydroxylation sites is 1. The van der Waals surface area contributed by atoms with Gasteiger partial charge in [-0.3, -0.25) is 4.79 Å². The van der Waals surface area contributed by atoms with Gasteiger partial charge in [-0.15, -0.1) is 0 Å². The molecule has 0 aliphatic carbocycles. The number of hydrogen-bond donors (Lipinski definition) is 1. The number of nitrogens with one attached hydrogen (secondary N) is 1. The van der Waals surface area contributed by atoms with Crippen LogP contribution in [0.3, 0.4) is 0 Å². The maximum Gasteiger partial charge on any atom is 0.225 e. The predicted molar refractivity (Wildman–Crippen MR) is 101 cm³/mol. The Morgan fingerprint density at radius 3 is 2.50 bits per heavy atom. The number of nitriles is 1. The minimum atomic E-state index is -3.52. The van der Waals surface area contributed by atoms with Gasteiger partial charge in [0.05, 0.1) is 17.5 Å². The SMILES string of the molecule is CS(=O)(=O)N(CCC(=O)Nc1ccccc1C#N)Cc1ccccc1Cl. The summed E-state index contributed by atoms with van der Waals surface area (Å²) in [6, 6.07) is 15.6. The van der Waals surface area contributed by atoms with Crippen molar-refractivity contribution in [1.82, 2.24) is 4.31 Å². The van der Waals surface area contributed by atoms with Gasteiger partial charge in [0.15, 0.2) is 0 Å². The Hall–Kier alpha value is -2.40. The topological polar surface area (TPSA) is 90.3 Å². The van der Waals surface area contributed by atoms with Gasteiger partial charge in [-0.1, -0.05) is 41.9 Å². The molecule has 2 aromatic rings. The highest BCUT2D eigenvalue weighted by atomic mass is 35.5. The second-order valence-electron chi connectivity index (χ2n) is 5.64. The van der Waals surface area contributed by atoms with Crippen molar-refractivity contribution in [2.75, 3.05) is 18.1 Å². The zero-order chi connectivity index (χ0) is 19.2. The average molecular weight is 392 g/mol. The van der Waals surface area contributed by atoms with Gasteiger partial charge in [0, 0.05) is 24.5 Å². The first-order chi connectivity index (χ1) is 12.3.